The summed E-state index contributed by atoms with van der Waals surface area (Å²) in [6.45, 7) is 1.57. The Kier molecular flexibility index (Phi) is 6.31. The third-order valence-corrected chi connectivity index (χ3v) is 3.92. The number of hydrogen-bond acceptors (Lipinski definition) is 6. The van der Waals surface area contributed by atoms with Crippen molar-refractivity contribution in [2.45, 2.75) is 13.0 Å². The van der Waals surface area contributed by atoms with E-state index in [1.54, 1.807) is 50.6 Å². The number of nitrogens with zero attached hydrogens (tertiary/aromatic N) is 3. The fraction of sp³-hybridized carbons (Fsp3) is 0.150. The molecule has 1 aromatic carbocycles. The molecule has 3 aromatic rings. The molecule has 29 heavy (non-hydrogen) atoms. The zero-order valence-electron chi connectivity index (χ0n) is 15.9. The van der Waals surface area contributed by atoms with E-state index in [1.165, 1.54) is 6.08 Å². The summed E-state index contributed by atoms with van der Waals surface area (Å²) in [4.78, 5) is 32.6. The Hall–Kier alpha value is -4.01. The number of aromatic nitrogens is 4. The topological polar surface area (TPSA) is 122 Å². The van der Waals surface area contributed by atoms with Gasteiger partial charge in [0, 0.05) is 12.3 Å². The lowest BCUT2D eigenvalue weighted by Crippen LogP contribution is -2.41. The molecule has 1 unspecified atom stereocenters. The SMILES string of the molecule is COc1ccc(/C=C/C(=O)NC(C)C(=O)Nc2n[nH]c(-c3ccccn3)n2)cc1. The number of methoxy groups -OCH3 is 1. The van der Waals surface area contributed by atoms with E-state index in [4.69, 9.17) is 4.74 Å². The fourth-order valence-electron chi connectivity index (χ4n) is 2.37. The van der Waals surface area contributed by atoms with E-state index in [2.05, 4.69) is 30.8 Å². The highest BCUT2D eigenvalue weighted by atomic mass is 16.5. The number of carbonyl (C=O) groups excluding carboxylic acids is 2. The largest absolute Gasteiger partial charge is 0.497 e. The Labute approximate surface area is 167 Å². The van der Waals surface area contributed by atoms with Gasteiger partial charge in [0.05, 0.1) is 7.11 Å². The minimum atomic E-state index is -0.778. The van der Waals surface area contributed by atoms with Gasteiger partial charge < -0.3 is 10.1 Å². The van der Waals surface area contributed by atoms with E-state index in [0.29, 0.717) is 11.5 Å². The molecule has 148 valence electrons. The molecule has 9 heteroatoms. The Morgan fingerprint density at radius 3 is 2.66 bits per heavy atom. The second-order valence-electron chi connectivity index (χ2n) is 6.05. The summed E-state index contributed by atoms with van der Waals surface area (Å²) in [6.07, 6.45) is 4.64. The van der Waals surface area contributed by atoms with E-state index in [-0.39, 0.29) is 5.95 Å². The van der Waals surface area contributed by atoms with E-state index >= 15 is 0 Å². The van der Waals surface area contributed by atoms with Gasteiger partial charge in [0.15, 0.2) is 5.82 Å². The molecular formula is C20H20N6O3. The monoisotopic (exact) mass is 392 g/mol. The van der Waals surface area contributed by atoms with Gasteiger partial charge in [-0.2, -0.15) is 4.98 Å². The minimum absolute atomic E-state index is 0.102. The maximum absolute atomic E-state index is 12.3. The highest BCUT2D eigenvalue weighted by Gasteiger charge is 2.17. The van der Waals surface area contributed by atoms with E-state index in [1.807, 2.05) is 18.2 Å². The molecular weight excluding hydrogens is 372 g/mol. The van der Waals surface area contributed by atoms with Gasteiger partial charge in [-0.05, 0) is 42.8 Å². The lowest BCUT2D eigenvalue weighted by molar-refractivity contribution is -0.123. The van der Waals surface area contributed by atoms with Crippen LogP contribution in [0.3, 0.4) is 0 Å². The molecule has 9 nitrogen and oxygen atoms in total. The molecule has 0 aliphatic rings. The quantitative estimate of drug-likeness (QED) is 0.529. The van der Waals surface area contributed by atoms with Gasteiger partial charge in [-0.25, -0.2) is 0 Å². The van der Waals surface area contributed by atoms with Crippen LogP contribution >= 0.6 is 0 Å². The third-order valence-electron chi connectivity index (χ3n) is 3.92. The summed E-state index contributed by atoms with van der Waals surface area (Å²) in [5, 5.41) is 11.8. The van der Waals surface area contributed by atoms with Crippen molar-refractivity contribution in [2.24, 2.45) is 0 Å². The Bertz CT molecular complexity index is 999. The Morgan fingerprint density at radius 1 is 1.17 bits per heavy atom. The first-order valence-electron chi connectivity index (χ1n) is 8.82. The predicted molar refractivity (Wildman–Crippen MR) is 108 cm³/mol. The molecule has 0 fully saturated rings. The van der Waals surface area contributed by atoms with Crippen molar-refractivity contribution in [3.8, 4) is 17.3 Å². The van der Waals surface area contributed by atoms with Gasteiger partial charge in [-0.3, -0.25) is 25.0 Å². The van der Waals surface area contributed by atoms with Crippen LogP contribution in [0.2, 0.25) is 0 Å². The van der Waals surface area contributed by atoms with E-state index < -0.39 is 17.9 Å². The van der Waals surface area contributed by atoms with E-state index in [9.17, 15) is 9.59 Å². The van der Waals surface area contributed by atoms with Gasteiger partial charge in [0.2, 0.25) is 17.8 Å². The molecule has 2 amide bonds. The summed E-state index contributed by atoms with van der Waals surface area (Å²) >= 11 is 0. The van der Waals surface area contributed by atoms with Crippen LogP contribution in [0.25, 0.3) is 17.6 Å². The molecule has 2 aromatic heterocycles. The van der Waals surface area contributed by atoms with Gasteiger partial charge in [-0.1, -0.05) is 18.2 Å². The van der Waals surface area contributed by atoms with E-state index in [0.717, 1.165) is 11.3 Å². The van der Waals surface area contributed by atoms with Gasteiger partial charge >= 0.3 is 0 Å². The number of aromatic amines is 1. The van der Waals surface area contributed by atoms with Crippen molar-refractivity contribution in [3.05, 3.63) is 60.3 Å². The lowest BCUT2D eigenvalue weighted by atomic mass is 10.2. The lowest BCUT2D eigenvalue weighted by Gasteiger charge is -2.11. The molecule has 0 aliphatic carbocycles. The molecule has 0 spiro atoms. The van der Waals surface area contributed by atoms with Crippen LogP contribution in [0.1, 0.15) is 12.5 Å². The second kappa shape index (κ2) is 9.27. The predicted octanol–water partition coefficient (Wildman–Crippen LogP) is 2.03. The number of benzene rings is 1. The Morgan fingerprint density at radius 2 is 1.97 bits per heavy atom. The van der Waals surface area contributed by atoms with Crippen LogP contribution in [-0.4, -0.2) is 45.1 Å². The van der Waals surface area contributed by atoms with Crippen molar-refractivity contribution >= 4 is 23.8 Å². The summed E-state index contributed by atoms with van der Waals surface area (Å²) in [5.74, 6) is 0.427. The highest BCUT2D eigenvalue weighted by molar-refractivity contribution is 5.99. The summed E-state index contributed by atoms with van der Waals surface area (Å²) < 4.78 is 5.09. The normalized spacial score (nSPS) is 11.8. The van der Waals surface area contributed by atoms with Crippen LogP contribution in [0.5, 0.6) is 5.75 Å². The molecule has 1 atom stereocenters. The number of nitrogens with one attached hydrogen (secondary N) is 3. The van der Waals surface area contributed by atoms with Gasteiger partial charge in [0.1, 0.15) is 17.5 Å². The number of amides is 2. The molecule has 0 saturated heterocycles. The number of carbonyl (C=O) groups is 2. The van der Waals surface area contributed by atoms with Crippen LogP contribution in [0.4, 0.5) is 5.95 Å². The van der Waals surface area contributed by atoms with Crippen LogP contribution in [0, 0.1) is 0 Å². The smallest absolute Gasteiger partial charge is 0.249 e. The van der Waals surface area contributed by atoms with Crippen molar-refractivity contribution in [1.29, 1.82) is 0 Å². The van der Waals surface area contributed by atoms with Gasteiger partial charge in [-0.15, -0.1) is 5.10 Å². The van der Waals surface area contributed by atoms with Crippen LogP contribution < -0.4 is 15.4 Å². The van der Waals surface area contributed by atoms with Crippen molar-refractivity contribution in [3.63, 3.8) is 0 Å². The number of rotatable bonds is 7. The standard InChI is InChI=1S/C20H20N6O3/c1-13(22-17(27)11-8-14-6-9-15(29-2)10-7-14)19(28)24-20-23-18(25-26-20)16-5-3-4-12-21-16/h3-13H,1-2H3,(H,22,27)(H2,23,24,25,26,28)/b11-8+. The van der Waals surface area contributed by atoms with Crippen molar-refractivity contribution < 1.29 is 14.3 Å². The summed E-state index contributed by atoms with van der Waals surface area (Å²) in [5.41, 5.74) is 1.44. The molecule has 3 N–H and O–H groups in total. The van der Waals surface area contributed by atoms with Crippen molar-refractivity contribution in [1.82, 2.24) is 25.5 Å². The summed E-state index contributed by atoms with van der Waals surface area (Å²) in [6, 6.07) is 11.8. The molecule has 0 radical (unpaired) electrons. The zero-order chi connectivity index (χ0) is 20.6. The number of ether oxygens (including phenoxy) is 1. The molecule has 2 heterocycles. The highest BCUT2D eigenvalue weighted by Crippen LogP contribution is 2.13. The first-order chi connectivity index (χ1) is 14.0. The number of pyridine rings is 1. The molecule has 3 rings (SSSR count). The number of anilines is 1. The number of H-pyrrole nitrogens is 1. The van der Waals surface area contributed by atoms with Gasteiger partial charge in [0.25, 0.3) is 0 Å². The van der Waals surface area contributed by atoms with Crippen molar-refractivity contribution in [2.75, 3.05) is 12.4 Å². The zero-order valence-corrected chi connectivity index (χ0v) is 15.9. The third kappa shape index (κ3) is 5.48. The maximum atomic E-state index is 12.3. The molecule has 0 aliphatic heterocycles. The van der Waals surface area contributed by atoms with Crippen LogP contribution in [0.15, 0.2) is 54.7 Å². The number of hydrogen-bond donors (Lipinski definition) is 3. The average molecular weight is 392 g/mol. The van der Waals surface area contributed by atoms with Crippen LogP contribution in [-0.2, 0) is 9.59 Å². The average Bonchev–Trinajstić information content (AvgIpc) is 3.21. The minimum Gasteiger partial charge on any atom is -0.497 e. The second-order valence-corrected chi connectivity index (χ2v) is 6.05. The first kappa shape index (κ1) is 19.7. The summed E-state index contributed by atoms with van der Waals surface area (Å²) in [7, 11) is 1.59. The first-order valence-corrected chi connectivity index (χ1v) is 8.82. The Balaban J connectivity index is 1.52. The fourth-order valence-corrected chi connectivity index (χ4v) is 2.37. The molecule has 0 bridgehead atoms. The molecule has 0 saturated carbocycles. The maximum Gasteiger partial charge on any atom is 0.249 e.